The average molecular weight is 357 g/mol. The Bertz CT molecular complexity index is 631. The molecule has 1 spiro atoms. The highest BCUT2D eigenvalue weighted by atomic mass is 16.2. The van der Waals surface area contributed by atoms with Crippen molar-refractivity contribution in [1.82, 2.24) is 20.4 Å². The fourth-order valence-corrected chi connectivity index (χ4v) is 5.32. The van der Waals surface area contributed by atoms with Gasteiger partial charge in [-0.1, -0.05) is 30.3 Å². The number of piperidine rings is 1. The van der Waals surface area contributed by atoms with Crippen LogP contribution in [0.5, 0.6) is 0 Å². The molecule has 0 bridgehead atoms. The lowest BCUT2D eigenvalue weighted by Crippen LogP contribution is -2.54. The van der Waals surface area contributed by atoms with Gasteiger partial charge in [-0.2, -0.15) is 0 Å². The van der Waals surface area contributed by atoms with Crippen LogP contribution in [0.2, 0.25) is 0 Å². The van der Waals surface area contributed by atoms with Crippen molar-refractivity contribution in [3.05, 3.63) is 35.9 Å². The molecule has 4 rings (SSSR count). The first-order valence-corrected chi connectivity index (χ1v) is 10.1. The van der Waals surface area contributed by atoms with Crippen molar-refractivity contribution in [3.8, 4) is 0 Å². The molecule has 0 atom stereocenters. The summed E-state index contributed by atoms with van der Waals surface area (Å²) in [5.74, 6) is 0. The number of rotatable bonds is 3. The van der Waals surface area contributed by atoms with Crippen LogP contribution >= 0.6 is 0 Å². The molecule has 1 aromatic rings. The molecule has 0 aromatic heterocycles. The van der Waals surface area contributed by atoms with Gasteiger partial charge in [0.15, 0.2) is 0 Å². The molecule has 2 amide bonds. The van der Waals surface area contributed by atoms with E-state index < -0.39 is 0 Å². The van der Waals surface area contributed by atoms with Gasteiger partial charge in [-0.15, -0.1) is 0 Å². The SMILES string of the molecule is CN(C)[C@]1(c2ccccc2)CC[C@]2(CC1)CN(C1CCNCC1)C(=O)N2. The van der Waals surface area contributed by atoms with E-state index in [1.807, 2.05) is 0 Å². The molecule has 1 aromatic carbocycles. The molecule has 142 valence electrons. The van der Waals surface area contributed by atoms with Gasteiger partial charge in [0.2, 0.25) is 0 Å². The van der Waals surface area contributed by atoms with E-state index in [2.05, 4.69) is 64.9 Å². The monoisotopic (exact) mass is 356 g/mol. The first kappa shape index (κ1) is 17.8. The Hall–Kier alpha value is -1.59. The second-order valence-electron chi connectivity index (χ2n) is 8.61. The summed E-state index contributed by atoms with van der Waals surface area (Å²) in [5.41, 5.74) is 1.45. The van der Waals surface area contributed by atoms with Gasteiger partial charge in [-0.3, -0.25) is 4.90 Å². The van der Waals surface area contributed by atoms with Gasteiger partial charge in [0, 0.05) is 18.1 Å². The fourth-order valence-electron chi connectivity index (χ4n) is 5.32. The summed E-state index contributed by atoms with van der Waals surface area (Å²) in [7, 11) is 4.39. The standard InChI is InChI=1S/C21H32N4O/c1-24(2)21(17-6-4-3-5-7-17)12-10-20(11-13-21)16-25(19(26)23-20)18-8-14-22-15-9-18/h3-7,18,22H,8-16H2,1-2H3,(H,23,26)/t20-,21+. The number of hydrogen-bond acceptors (Lipinski definition) is 3. The van der Waals surface area contributed by atoms with E-state index in [4.69, 9.17) is 0 Å². The maximum atomic E-state index is 12.7. The lowest BCUT2D eigenvalue weighted by Gasteiger charge is -2.48. The van der Waals surface area contributed by atoms with E-state index in [9.17, 15) is 4.79 Å². The summed E-state index contributed by atoms with van der Waals surface area (Å²) in [6.45, 7) is 2.94. The molecule has 3 aliphatic rings. The zero-order chi connectivity index (χ0) is 18.2. The van der Waals surface area contributed by atoms with Crippen molar-refractivity contribution in [2.75, 3.05) is 33.7 Å². The largest absolute Gasteiger partial charge is 0.331 e. The number of carbonyl (C=O) groups excluding carboxylic acids is 1. The normalized spacial score (nSPS) is 33.0. The average Bonchev–Trinajstić information content (AvgIpc) is 3.00. The third-order valence-corrected chi connectivity index (χ3v) is 7.06. The van der Waals surface area contributed by atoms with Crippen LogP contribution < -0.4 is 10.6 Å². The maximum absolute atomic E-state index is 12.7. The van der Waals surface area contributed by atoms with E-state index >= 15 is 0 Å². The summed E-state index contributed by atoms with van der Waals surface area (Å²) in [6.07, 6.45) is 6.43. The molecule has 0 unspecified atom stereocenters. The number of amides is 2. The van der Waals surface area contributed by atoms with Crippen LogP contribution in [0.4, 0.5) is 4.79 Å². The number of nitrogens with zero attached hydrogens (tertiary/aromatic N) is 2. The minimum atomic E-state index is -0.0315. The van der Waals surface area contributed by atoms with Gasteiger partial charge in [-0.25, -0.2) is 4.79 Å². The Balaban J connectivity index is 1.49. The number of nitrogens with one attached hydrogen (secondary N) is 2. The van der Waals surface area contributed by atoms with E-state index in [1.165, 1.54) is 5.56 Å². The van der Waals surface area contributed by atoms with E-state index in [1.54, 1.807) is 0 Å². The molecule has 0 radical (unpaired) electrons. The van der Waals surface area contributed by atoms with E-state index in [0.717, 1.165) is 58.2 Å². The Kier molecular flexibility index (Phi) is 4.70. The molecule has 5 heteroatoms. The molecular formula is C21H32N4O. The Labute approximate surface area is 157 Å². The highest BCUT2D eigenvalue weighted by Gasteiger charge is 2.51. The molecule has 2 heterocycles. The highest BCUT2D eigenvalue weighted by Crippen LogP contribution is 2.46. The van der Waals surface area contributed by atoms with Gasteiger partial charge < -0.3 is 15.5 Å². The second-order valence-corrected chi connectivity index (χ2v) is 8.61. The third kappa shape index (κ3) is 3.01. The van der Waals surface area contributed by atoms with Crippen LogP contribution in [0.3, 0.4) is 0 Å². The van der Waals surface area contributed by atoms with Crippen LogP contribution in [0.25, 0.3) is 0 Å². The van der Waals surface area contributed by atoms with Gasteiger partial charge in [0.1, 0.15) is 0 Å². The van der Waals surface area contributed by atoms with Crippen molar-refractivity contribution in [1.29, 1.82) is 0 Å². The summed E-state index contributed by atoms with van der Waals surface area (Å²) >= 11 is 0. The number of carbonyl (C=O) groups is 1. The van der Waals surface area contributed by atoms with Crippen molar-refractivity contribution in [3.63, 3.8) is 0 Å². The Morgan fingerprint density at radius 2 is 1.69 bits per heavy atom. The minimum Gasteiger partial charge on any atom is -0.331 e. The van der Waals surface area contributed by atoms with Crippen LogP contribution in [-0.4, -0.2) is 61.1 Å². The molecular weight excluding hydrogens is 324 g/mol. The molecule has 3 fully saturated rings. The molecule has 5 nitrogen and oxygen atoms in total. The lowest BCUT2D eigenvalue weighted by atomic mass is 9.69. The van der Waals surface area contributed by atoms with Gasteiger partial charge >= 0.3 is 6.03 Å². The smallest absolute Gasteiger partial charge is 0.318 e. The third-order valence-electron chi connectivity index (χ3n) is 7.06. The number of urea groups is 1. The van der Waals surface area contributed by atoms with Crippen LogP contribution in [-0.2, 0) is 5.54 Å². The summed E-state index contributed by atoms with van der Waals surface area (Å²) in [6, 6.07) is 11.5. The summed E-state index contributed by atoms with van der Waals surface area (Å²) in [4.78, 5) is 17.2. The quantitative estimate of drug-likeness (QED) is 0.875. The zero-order valence-electron chi connectivity index (χ0n) is 16.1. The lowest BCUT2D eigenvalue weighted by molar-refractivity contribution is 0.0597. The second kappa shape index (κ2) is 6.86. The molecule has 26 heavy (non-hydrogen) atoms. The van der Waals surface area contributed by atoms with Crippen LogP contribution in [0.15, 0.2) is 30.3 Å². The zero-order valence-corrected chi connectivity index (χ0v) is 16.1. The number of benzene rings is 1. The fraction of sp³-hybridized carbons (Fsp3) is 0.667. The van der Waals surface area contributed by atoms with Crippen LogP contribution in [0.1, 0.15) is 44.1 Å². The van der Waals surface area contributed by atoms with Gasteiger partial charge in [-0.05, 0) is 71.3 Å². The molecule has 1 saturated carbocycles. The van der Waals surface area contributed by atoms with Crippen LogP contribution in [0, 0.1) is 0 Å². The maximum Gasteiger partial charge on any atom is 0.318 e. The predicted molar refractivity (Wildman–Crippen MR) is 104 cm³/mol. The van der Waals surface area contributed by atoms with Crippen molar-refractivity contribution >= 4 is 6.03 Å². The summed E-state index contributed by atoms with van der Waals surface area (Å²) in [5, 5.41) is 6.79. The molecule has 2 aliphatic heterocycles. The molecule has 2 N–H and O–H groups in total. The Morgan fingerprint density at radius 1 is 1.04 bits per heavy atom. The topological polar surface area (TPSA) is 47.6 Å². The first-order valence-electron chi connectivity index (χ1n) is 10.1. The first-order chi connectivity index (χ1) is 12.5. The number of hydrogen-bond donors (Lipinski definition) is 2. The van der Waals surface area contributed by atoms with E-state index in [0.29, 0.717) is 6.04 Å². The van der Waals surface area contributed by atoms with E-state index in [-0.39, 0.29) is 17.1 Å². The molecule has 2 saturated heterocycles. The minimum absolute atomic E-state index is 0.0315. The van der Waals surface area contributed by atoms with Crippen molar-refractivity contribution < 1.29 is 4.79 Å². The van der Waals surface area contributed by atoms with Crippen molar-refractivity contribution in [2.45, 2.75) is 55.6 Å². The summed E-state index contributed by atoms with van der Waals surface area (Å²) < 4.78 is 0. The van der Waals surface area contributed by atoms with Gasteiger partial charge in [0.25, 0.3) is 0 Å². The highest BCUT2D eigenvalue weighted by molar-refractivity contribution is 5.78. The predicted octanol–water partition coefficient (Wildman–Crippen LogP) is 2.53. The van der Waals surface area contributed by atoms with Gasteiger partial charge in [0.05, 0.1) is 5.54 Å². The molecule has 1 aliphatic carbocycles. The van der Waals surface area contributed by atoms with Crippen molar-refractivity contribution in [2.24, 2.45) is 0 Å². The Morgan fingerprint density at radius 3 is 2.31 bits per heavy atom.